The maximum atomic E-state index is 12.2. The molecule has 0 saturated carbocycles. The van der Waals surface area contributed by atoms with Crippen LogP contribution < -0.4 is 0 Å². The molecule has 0 bridgehead atoms. The summed E-state index contributed by atoms with van der Waals surface area (Å²) in [7, 11) is 0. The second-order valence-corrected chi connectivity index (χ2v) is 9.20. The molecule has 5 heteroatoms. The van der Waals surface area contributed by atoms with Crippen LogP contribution in [0.25, 0.3) is 32.9 Å². The summed E-state index contributed by atoms with van der Waals surface area (Å²) < 4.78 is 11.6. The number of ether oxygens (including phenoxy) is 1. The van der Waals surface area contributed by atoms with Gasteiger partial charge in [-0.3, -0.25) is 0 Å². The summed E-state index contributed by atoms with van der Waals surface area (Å²) in [6.07, 6.45) is -0.280. The zero-order valence-corrected chi connectivity index (χ0v) is 17.9. The Hall–Kier alpha value is -3.47. The topological polar surface area (TPSA) is 62.9 Å². The van der Waals surface area contributed by atoms with Crippen LogP contribution in [0.5, 0.6) is 5.75 Å². The fourth-order valence-electron chi connectivity index (χ4n) is 4.09. The first-order valence-corrected chi connectivity index (χ1v) is 10.5. The monoisotopic (exact) mass is 415 g/mol. The predicted molar refractivity (Wildman–Crippen MR) is 121 cm³/mol. The molecule has 0 unspecified atom stereocenters. The highest BCUT2D eigenvalue weighted by atomic mass is 16.6. The van der Waals surface area contributed by atoms with Crippen molar-refractivity contribution in [3.8, 4) is 16.9 Å². The molecule has 0 aliphatic carbocycles. The number of carbonyl (C=O) groups is 1. The fourth-order valence-corrected chi connectivity index (χ4v) is 4.09. The molecule has 1 aliphatic heterocycles. The van der Waals surface area contributed by atoms with Crippen molar-refractivity contribution in [2.75, 3.05) is 13.1 Å². The molecule has 1 saturated heterocycles. The summed E-state index contributed by atoms with van der Waals surface area (Å²) in [5, 5.41) is 13.3. The van der Waals surface area contributed by atoms with Gasteiger partial charge in [-0.25, -0.2) is 4.79 Å². The average Bonchev–Trinajstić information content (AvgIpc) is 3.07. The Bertz CT molecular complexity index is 1290. The molecule has 0 atom stereocenters. The van der Waals surface area contributed by atoms with Crippen LogP contribution in [0.3, 0.4) is 0 Å². The molecular weight excluding hydrogens is 390 g/mol. The van der Waals surface area contributed by atoms with Crippen LogP contribution in [0.15, 0.2) is 65.1 Å². The van der Waals surface area contributed by atoms with Gasteiger partial charge in [-0.1, -0.05) is 36.4 Å². The van der Waals surface area contributed by atoms with E-state index in [2.05, 4.69) is 18.2 Å². The quantitative estimate of drug-likeness (QED) is 0.418. The summed E-state index contributed by atoms with van der Waals surface area (Å²) in [6, 6.07) is 19.7. The second-order valence-electron chi connectivity index (χ2n) is 9.20. The van der Waals surface area contributed by atoms with E-state index in [-0.39, 0.29) is 17.8 Å². The van der Waals surface area contributed by atoms with Crippen molar-refractivity contribution >= 4 is 27.8 Å². The molecule has 1 amide bonds. The third-order valence-corrected chi connectivity index (χ3v) is 5.63. The third kappa shape index (κ3) is 3.72. The molecule has 4 aromatic rings. The average molecular weight is 415 g/mol. The van der Waals surface area contributed by atoms with Gasteiger partial charge < -0.3 is 19.2 Å². The number of benzene rings is 3. The summed E-state index contributed by atoms with van der Waals surface area (Å²) in [6.45, 7) is 6.80. The van der Waals surface area contributed by atoms with Gasteiger partial charge in [-0.2, -0.15) is 0 Å². The highest BCUT2D eigenvalue weighted by Gasteiger charge is 2.36. The Balaban J connectivity index is 1.41. The molecule has 5 rings (SSSR count). The van der Waals surface area contributed by atoms with Crippen LogP contribution in [-0.2, 0) is 4.74 Å². The SMILES string of the molecule is CC(C)(C)OC(=O)N1CC(c2cc3ccc(-c4cc(O)cc5ccccc45)cc3o2)C1. The highest BCUT2D eigenvalue weighted by Crippen LogP contribution is 2.37. The van der Waals surface area contributed by atoms with E-state index in [1.807, 2.05) is 51.1 Å². The number of fused-ring (bicyclic) bond motifs is 2. The van der Waals surface area contributed by atoms with E-state index in [4.69, 9.17) is 9.15 Å². The van der Waals surface area contributed by atoms with E-state index in [9.17, 15) is 9.90 Å². The van der Waals surface area contributed by atoms with E-state index >= 15 is 0 Å². The maximum absolute atomic E-state index is 12.2. The lowest BCUT2D eigenvalue weighted by atomic mass is 9.96. The van der Waals surface area contributed by atoms with Crippen molar-refractivity contribution in [1.29, 1.82) is 0 Å². The van der Waals surface area contributed by atoms with Crippen LogP contribution in [0.1, 0.15) is 32.4 Å². The number of carbonyl (C=O) groups excluding carboxylic acids is 1. The minimum Gasteiger partial charge on any atom is -0.508 e. The summed E-state index contributed by atoms with van der Waals surface area (Å²) >= 11 is 0. The van der Waals surface area contributed by atoms with E-state index in [1.165, 1.54) is 0 Å². The lowest BCUT2D eigenvalue weighted by Gasteiger charge is -2.38. The summed E-state index contributed by atoms with van der Waals surface area (Å²) in [4.78, 5) is 13.9. The van der Waals surface area contributed by atoms with Gasteiger partial charge in [0.25, 0.3) is 0 Å². The molecule has 158 valence electrons. The van der Waals surface area contributed by atoms with Gasteiger partial charge >= 0.3 is 6.09 Å². The van der Waals surface area contributed by atoms with Gasteiger partial charge in [0.05, 0.1) is 5.92 Å². The Morgan fingerprint density at radius 3 is 2.58 bits per heavy atom. The van der Waals surface area contributed by atoms with Crippen LogP contribution in [0.2, 0.25) is 0 Å². The van der Waals surface area contributed by atoms with Crippen molar-refractivity contribution in [3.05, 3.63) is 66.4 Å². The molecule has 1 aliphatic rings. The Kier molecular flexibility index (Phi) is 4.43. The number of amides is 1. The summed E-state index contributed by atoms with van der Waals surface area (Å²) in [5.74, 6) is 1.29. The van der Waals surface area contributed by atoms with E-state index < -0.39 is 5.60 Å². The van der Waals surface area contributed by atoms with E-state index in [1.54, 1.807) is 17.0 Å². The van der Waals surface area contributed by atoms with Crippen LogP contribution in [0, 0.1) is 0 Å². The number of aromatic hydroxyl groups is 1. The third-order valence-electron chi connectivity index (χ3n) is 5.63. The highest BCUT2D eigenvalue weighted by molar-refractivity contribution is 5.99. The predicted octanol–water partition coefficient (Wildman–Crippen LogP) is 6.29. The summed E-state index contributed by atoms with van der Waals surface area (Å²) in [5.41, 5.74) is 2.27. The normalized spacial score (nSPS) is 14.7. The first-order valence-electron chi connectivity index (χ1n) is 10.5. The van der Waals surface area contributed by atoms with Gasteiger partial charge in [0.1, 0.15) is 22.7 Å². The van der Waals surface area contributed by atoms with Gasteiger partial charge in [-0.15, -0.1) is 0 Å². The van der Waals surface area contributed by atoms with E-state index in [0.717, 1.165) is 38.6 Å². The minimum absolute atomic E-state index is 0.171. The molecule has 3 aromatic carbocycles. The molecule has 5 nitrogen and oxygen atoms in total. The molecule has 0 radical (unpaired) electrons. The van der Waals surface area contributed by atoms with Crippen molar-refractivity contribution in [2.24, 2.45) is 0 Å². The number of rotatable bonds is 2. The van der Waals surface area contributed by atoms with Gasteiger partial charge in [-0.05, 0) is 66.9 Å². The van der Waals surface area contributed by atoms with Crippen molar-refractivity contribution < 1.29 is 19.1 Å². The second kappa shape index (κ2) is 7.05. The molecule has 0 spiro atoms. The number of nitrogens with zero attached hydrogens (tertiary/aromatic N) is 1. The Morgan fingerprint density at radius 1 is 1.03 bits per heavy atom. The van der Waals surface area contributed by atoms with E-state index in [0.29, 0.717) is 13.1 Å². The van der Waals surface area contributed by atoms with Gasteiger partial charge in [0.2, 0.25) is 0 Å². The number of phenols is 1. The van der Waals surface area contributed by atoms with Crippen molar-refractivity contribution in [3.63, 3.8) is 0 Å². The Morgan fingerprint density at radius 2 is 1.81 bits per heavy atom. The lowest BCUT2D eigenvalue weighted by molar-refractivity contribution is 0.00666. The van der Waals surface area contributed by atoms with Gasteiger partial charge in [0, 0.05) is 18.5 Å². The maximum Gasteiger partial charge on any atom is 0.410 e. The molecule has 1 fully saturated rings. The van der Waals surface area contributed by atoms with Crippen LogP contribution >= 0.6 is 0 Å². The molecule has 31 heavy (non-hydrogen) atoms. The fraction of sp³-hybridized carbons (Fsp3) is 0.269. The number of likely N-dealkylation sites (tertiary alicyclic amines) is 1. The minimum atomic E-state index is -0.492. The molecule has 1 aromatic heterocycles. The number of phenolic OH excluding ortho intramolecular Hbond substituents is 1. The van der Waals surface area contributed by atoms with Crippen molar-refractivity contribution in [2.45, 2.75) is 32.3 Å². The number of hydrogen-bond acceptors (Lipinski definition) is 4. The lowest BCUT2D eigenvalue weighted by Crippen LogP contribution is -2.50. The number of hydrogen-bond donors (Lipinski definition) is 1. The standard InChI is InChI=1S/C26H25NO4/c1-26(2,3)31-25(29)27-14-19(15-27)24-12-18-9-8-17(11-23(18)30-24)22-13-20(28)10-16-6-4-5-7-21(16)22/h4-13,19,28H,14-15H2,1-3H3. The zero-order chi connectivity index (χ0) is 21.8. The van der Waals surface area contributed by atoms with Crippen LogP contribution in [-0.4, -0.2) is 34.8 Å². The van der Waals surface area contributed by atoms with Gasteiger partial charge in [0.15, 0.2) is 0 Å². The molecule has 1 N–H and O–H groups in total. The number of furan rings is 1. The molecule has 2 heterocycles. The van der Waals surface area contributed by atoms with Crippen LogP contribution in [0.4, 0.5) is 4.79 Å². The smallest absolute Gasteiger partial charge is 0.410 e. The first-order chi connectivity index (χ1) is 14.8. The largest absolute Gasteiger partial charge is 0.508 e. The Labute approximate surface area is 180 Å². The molecular formula is C26H25NO4. The zero-order valence-electron chi connectivity index (χ0n) is 17.9. The first kappa shape index (κ1) is 19.5. The van der Waals surface area contributed by atoms with Crippen molar-refractivity contribution in [1.82, 2.24) is 4.90 Å².